The third kappa shape index (κ3) is 1.72. The normalized spacial score (nSPS) is 42.6. The molecule has 4 rings (SSSR count). The summed E-state index contributed by atoms with van der Waals surface area (Å²) in [5.41, 5.74) is 0. The number of hydrogen-bond acceptors (Lipinski definition) is 3. The molecular formula is C15H22N2O3. The van der Waals surface area contributed by atoms with Crippen LogP contribution in [0.4, 0.5) is 0 Å². The van der Waals surface area contributed by atoms with Gasteiger partial charge in [0.25, 0.3) is 0 Å². The molecular weight excluding hydrogens is 256 g/mol. The molecule has 0 aromatic rings. The second-order valence-corrected chi connectivity index (χ2v) is 6.71. The topological polar surface area (TPSA) is 49.9 Å². The average Bonchev–Trinajstić information content (AvgIpc) is 2.85. The fraction of sp³-hybridized carbons (Fsp3) is 0.867. The van der Waals surface area contributed by atoms with E-state index in [1.165, 1.54) is 0 Å². The van der Waals surface area contributed by atoms with Gasteiger partial charge in [0.15, 0.2) is 0 Å². The Hall–Kier alpha value is -1.10. The summed E-state index contributed by atoms with van der Waals surface area (Å²) < 4.78 is 5.36. The average molecular weight is 278 g/mol. The number of carbonyl (C=O) groups excluding carboxylic acids is 2. The lowest BCUT2D eigenvalue weighted by Gasteiger charge is -2.32. The first-order valence-corrected chi connectivity index (χ1v) is 7.86. The van der Waals surface area contributed by atoms with Crippen molar-refractivity contribution in [1.82, 2.24) is 9.80 Å². The number of amides is 2. The molecule has 2 amide bonds. The quantitative estimate of drug-likeness (QED) is 0.725. The molecule has 5 atom stereocenters. The van der Waals surface area contributed by atoms with Gasteiger partial charge in [-0.3, -0.25) is 9.59 Å². The van der Waals surface area contributed by atoms with E-state index in [4.69, 9.17) is 4.74 Å². The second-order valence-electron chi connectivity index (χ2n) is 6.71. The highest BCUT2D eigenvalue weighted by molar-refractivity contribution is 5.86. The number of piperidine rings is 1. The number of fused-ring (bicyclic) bond motifs is 2. The van der Waals surface area contributed by atoms with Gasteiger partial charge in [-0.2, -0.15) is 0 Å². The monoisotopic (exact) mass is 278 g/mol. The predicted octanol–water partition coefficient (Wildman–Crippen LogP) is 0.206. The van der Waals surface area contributed by atoms with Gasteiger partial charge in [0, 0.05) is 32.1 Å². The maximum absolute atomic E-state index is 12.6. The summed E-state index contributed by atoms with van der Waals surface area (Å²) in [7, 11) is 0. The number of likely N-dealkylation sites (tertiary alicyclic amines) is 2. The highest BCUT2D eigenvalue weighted by Gasteiger charge is 2.60. The molecule has 3 unspecified atom stereocenters. The lowest BCUT2D eigenvalue weighted by molar-refractivity contribution is -0.139. The minimum atomic E-state index is 0.0579. The molecule has 5 heteroatoms. The van der Waals surface area contributed by atoms with Gasteiger partial charge in [-0.15, -0.1) is 0 Å². The fourth-order valence-corrected chi connectivity index (χ4v) is 4.42. The Kier molecular flexibility index (Phi) is 2.81. The molecule has 3 saturated heterocycles. The van der Waals surface area contributed by atoms with E-state index in [9.17, 15) is 9.59 Å². The smallest absolute Gasteiger partial charge is 0.227 e. The Morgan fingerprint density at radius 3 is 2.75 bits per heavy atom. The summed E-state index contributed by atoms with van der Waals surface area (Å²) in [5.74, 6) is 2.13. The molecule has 3 heterocycles. The van der Waals surface area contributed by atoms with Crippen LogP contribution in [0.2, 0.25) is 0 Å². The SMILES string of the molecule is CCN1CCC2CN(C(=O)C3[C@H]4COC[C@@H]34)CC2C1=O. The van der Waals surface area contributed by atoms with E-state index < -0.39 is 0 Å². The number of rotatable bonds is 2. The highest BCUT2D eigenvalue weighted by atomic mass is 16.5. The lowest BCUT2D eigenvalue weighted by Crippen LogP contribution is -2.45. The van der Waals surface area contributed by atoms with Crippen LogP contribution in [0.25, 0.3) is 0 Å². The van der Waals surface area contributed by atoms with Gasteiger partial charge in [-0.25, -0.2) is 0 Å². The summed E-state index contributed by atoms with van der Waals surface area (Å²) in [6, 6.07) is 0. The van der Waals surface area contributed by atoms with E-state index in [0.717, 1.165) is 39.3 Å². The van der Waals surface area contributed by atoms with E-state index in [1.807, 2.05) is 16.7 Å². The van der Waals surface area contributed by atoms with Crippen LogP contribution in [0.3, 0.4) is 0 Å². The highest BCUT2D eigenvalue weighted by Crippen LogP contribution is 2.52. The first-order chi connectivity index (χ1) is 9.70. The van der Waals surface area contributed by atoms with Gasteiger partial charge in [0.2, 0.25) is 11.8 Å². The van der Waals surface area contributed by atoms with E-state index >= 15 is 0 Å². The summed E-state index contributed by atoms with van der Waals surface area (Å²) >= 11 is 0. The van der Waals surface area contributed by atoms with Crippen LogP contribution in [0, 0.1) is 29.6 Å². The first kappa shape index (κ1) is 12.6. The standard InChI is InChI=1S/C15H22N2O3/c1-2-16-4-3-9-5-17(6-10(9)14(16)18)15(19)13-11-7-20-8-12(11)13/h9-13H,2-8H2,1H3/t9?,10?,11-,12+,13?. The van der Waals surface area contributed by atoms with Gasteiger partial charge in [-0.1, -0.05) is 0 Å². The van der Waals surface area contributed by atoms with Crippen molar-refractivity contribution in [2.75, 3.05) is 39.4 Å². The molecule has 110 valence electrons. The van der Waals surface area contributed by atoms with E-state index in [2.05, 4.69) is 0 Å². The molecule has 0 aromatic heterocycles. The largest absolute Gasteiger partial charge is 0.381 e. The van der Waals surface area contributed by atoms with Crippen molar-refractivity contribution in [2.24, 2.45) is 29.6 Å². The van der Waals surface area contributed by atoms with Crippen molar-refractivity contribution in [3.63, 3.8) is 0 Å². The van der Waals surface area contributed by atoms with Crippen molar-refractivity contribution >= 4 is 11.8 Å². The Morgan fingerprint density at radius 1 is 1.30 bits per heavy atom. The third-order valence-corrected chi connectivity index (χ3v) is 5.77. The van der Waals surface area contributed by atoms with Crippen molar-refractivity contribution in [1.29, 1.82) is 0 Å². The van der Waals surface area contributed by atoms with Crippen LogP contribution < -0.4 is 0 Å². The number of hydrogen-bond donors (Lipinski definition) is 0. The molecule has 0 aromatic carbocycles. The molecule has 4 aliphatic rings. The lowest BCUT2D eigenvalue weighted by atomic mass is 9.88. The molecule has 5 nitrogen and oxygen atoms in total. The van der Waals surface area contributed by atoms with Crippen molar-refractivity contribution in [3.8, 4) is 0 Å². The number of carbonyl (C=O) groups is 2. The Labute approximate surface area is 119 Å². The fourth-order valence-electron chi connectivity index (χ4n) is 4.42. The molecule has 0 N–H and O–H groups in total. The van der Waals surface area contributed by atoms with Crippen LogP contribution in [-0.2, 0) is 14.3 Å². The van der Waals surface area contributed by atoms with Crippen molar-refractivity contribution < 1.29 is 14.3 Å². The maximum Gasteiger partial charge on any atom is 0.227 e. The molecule has 0 radical (unpaired) electrons. The van der Waals surface area contributed by atoms with Crippen LogP contribution >= 0.6 is 0 Å². The second kappa shape index (κ2) is 4.45. The third-order valence-electron chi connectivity index (χ3n) is 5.77. The van der Waals surface area contributed by atoms with Crippen LogP contribution in [-0.4, -0.2) is 61.0 Å². The van der Waals surface area contributed by atoms with Gasteiger partial charge in [0.1, 0.15) is 0 Å². The minimum Gasteiger partial charge on any atom is -0.381 e. The number of nitrogens with zero attached hydrogens (tertiary/aromatic N) is 2. The van der Waals surface area contributed by atoms with Gasteiger partial charge in [-0.05, 0) is 31.1 Å². The van der Waals surface area contributed by atoms with Crippen LogP contribution in [0.5, 0.6) is 0 Å². The van der Waals surface area contributed by atoms with Gasteiger partial charge in [0.05, 0.1) is 19.1 Å². The van der Waals surface area contributed by atoms with E-state index in [-0.39, 0.29) is 23.7 Å². The molecule has 0 bridgehead atoms. The van der Waals surface area contributed by atoms with Crippen LogP contribution in [0.15, 0.2) is 0 Å². The molecule has 4 fully saturated rings. The minimum absolute atomic E-state index is 0.0579. The van der Waals surface area contributed by atoms with E-state index in [1.54, 1.807) is 0 Å². The summed E-state index contributed by atoms with van der Waals surface area (Å²) in [6.07, 6.45) is 1.05. The zero-order chi connectivity index (χ0) is 13.9. The number of ether oxygens (including phenoxy) is 1. The summed E-state index contributed by atoms with van der Waals surface area (Å²) in [5, 5.41) is 0. The summed E-state index contributed by atoms with van der Waals surface area (Å²) in [6.45, 7) is 6.64. The van der Waals surface area contributed by atoms with Crippen LogP contribution in [0.1, 0.15) is 13.3 Å². The van der Waals surface area contributed by atoms with E-state index in [0.29, 0.717) is 24.3 Å². The first-order valence-electron chi connectivity index (χ1n) is 7.86. The molecule has 0 spiro atoms. The van der Waals surface area contributed by atoms with Crippen molar-refractivity contribution in [3.05, 3.63) is 0 Å². The zero-order valence-electron chi connectivity index (χ0n) is 12.0. The molecule has 20 heavy (non-hydrogen) atoms. The van der Waals surface area contributed by atoms with Gasteiger partial charge >= 0.3 is 0 Å². The zero-order valence-corrected chi connectivity index (χ0v) is 12.0. The summed E-state index contributed by atoms with van der Waals surface area (Å²) in [4.78, 5) is 28.8. The van der Waals surface area contributed by atoms with Gasteiger partial charge < -0.3 is 14.5 Å². The Bertz CT molecular complexity index is 442. The maximum atomic E-state index is 12.6. The van der Waals surface area contributed by atoms with Crippen molar-refractivity contribution in [2.45, 2.75) is 13.3 Å². The Morgan fingerprint density at radius 2 is 2.05 bits per heavy atom. The predicted molar refractivity (Wildman–Crippen MR) is 71.7 cm³/mol. The Balaban J connectivity index is 1.43. The molecule has 3 aliphatic heterocycles. The molecule has 1 aliphatic carbocycles. The molecule has 1 saturated carbocycles.